The van der Waals surface area contributed by atoms with Gasteiger partial charge in [-0.1, -0.05) is 0 Å². The van der Waals surface area contributed by atoms with Crippen LogP contribution in [0.4, 0.5) is 0 Å². The van der Waals surface area contributed by atoms with Crippen LogP contribution in [-0.4, -0.2) is 14.9 Å². The summed E-state index contributed by atoms with van der Waals surface area (Å²) >= 11 is 1.50. The quantitative estimate of drug-likeness (QED) is 0.343. The van der Waals surface area contributed by atoms with Crippen molar-refractivity contribution in [3.8, 4) is 0 Å². The van der Waals surface area contributed by atoms with Gasteiger partial charge in [0.25, 0.3) is 0 Å². The summed E-state index contributed by atoms with van der Waals surface area (Å²) in [5.41, 5.74) is 7.41. The van der Waals surface area contributed by atoms with Gasteiger partial charge < -0.3 is 24.8 Å². The second-order valence-electron chi connectivity index (χ2n) is 9.51. The van der Waals surface area contributed by atoms with E-state index in [2.05, 4.69) is 82.0 Å². The van der Waals surface area contributed by atoms with E-state index in [-0.39, 0.29) is 24.8 Å². The Morgan fingerprint density at radius 3 is 2.28 bits per heavy atom. The zero-order chi connectivity index (χ0) is 21.5. The van der Waals surface area contributed by atoms with Crippen molar-refractivity contribution < 1.29 is 54.0 Å². The molecule has 0 unspecified atom stereocenters. The zero-order valence-corrected chi connectivity index (χ0v) is 24.6. The Kier molecular flexibility index (Phi) is 9.60. The maximum absolute atomic E-state index is 6.11. The predicted octanol–water partition coefficient (Wildman–Crippen LogP) is -0.466. The summed E-state index contributed by atoms with van der Waals surface area (Å²) in [6, 6.07) is 13.6. The van der Waals surface area contributed by atoms with Crippen molar-refractivity contribution in [3.05, 3.63) is 86.1 Å². The normalized spacial score (nSPS) is 14.2. The van der Waals surface area contributed by atoms with Gasteiger partial charge in [0.2, 0.25) is 0 Å². The number of hydrogen-bond donors (Lipinski definition) is 0. The molecule has 0 amide bonds. The molecule has 1 nitrogen and oxygen atoms in total. The fraction of sp³-hybridized carbons (Fsp3) is 0.333. The molecule has 0 fully saturated rings. The first-order valence-corrected chi connectivity index (χ1v) is 15.6. The van der Waals surface area contributed by atoms with E-state index in [1.807, 2.05) is 0 Å². The largest absolute Gasteiger partial charge is 1.00 e. The molecule has 2 aromatic rings. The van der Waals surface area contributed by atoms with Gasteiger partial charge in [-0.25, -0.2) is 0 Å². The average molecular weight is 562 g/mol. The van der Waals surface area contributed by atoms with Crippen molar-refractivity contribution in [3.63, 3.8) is 0 Å². The van der Waals surface area contributed by atoms with Crippen LogP contribution in [0.25, 0.3) is 14.4 Å². The molecule has 167 valence electrons. The van der Waals surface area contributed by atoms with E-state index < -0.39 is 8.32 Å². The van der Waals surface area contributed by atoms with Crippen LogP contribution >= 0.6 is 0 Å². The Bertz CT molecular complexity index is 1280. The molecular formula is C27H31Cl2OSiZr. The van der Waals surface area contributed by atoms with E-state index in [1.54, 1.807) is 0 Å². The summed E-state index contributed by atoms with van der Waals surface area (Å²) in [7, 11) is -1.44. The third kappa shape index (κ3) is 5.50. The van der Waals surface area contributed by atoms with Crippen molar-refractivity contribution in [2.45, 2.75) is 52.8 Å². The maximum atomic E-state index is 6.11. The molecule has 32 heavy (non-hydrogen) atoms. The van der Waals surface area contributed by atoms with Gasteiger partial charge in [-0.3, -0.25) is 0 Å². The molecule has 0 N–H and O–H groups in total. The Labute approximate surface area is 220 Å². The third-order valence-electron chi connectivity index (χ3n) is 5.94. The second-order valence-corrected chi connectivity index (χ2v) is 15.2. The van der Waals surface area contributed by atoms with Crippen LogP contribution in [0.1, 0.15) is 44.2 Å². The predicted molar refractivity (Wildman–Crippen MR) is 126 cm³/mol. The fourth-order valence-corrected chi connectivity index (χ4v) is 6.51. The molecule has 0 bridgehead atoms. The molecule has 0 saturated heterocycles. The average Bonchev–Trinajstić information content (AvgIpc) is 3.27. The SMILES string of the molecule is CC(C)=c1ccc2c(c1C1=C(CCCO[Si](C)(C)C)C=CC1)[C]([Zr+2])=c1ccccc1=2.[Cl-].[Cl-]. The molecular weight excluding hydrogens is 531 g/mol. The Morgan fingerprint density at radius 1 is 0.938 bits per heavy atom. The van der Waals surface area contributed by atoms with E-state index >= 15 is 0 Å². The fourth-order valence-electron chi connectivity index (χ4n) is 4.58. The van der Waals surface area contributed by atoms with Crippen LogP contribution in [0.3, 0.4) is 0 Å². The Hall–Kier alpha value is -0.700. The van der Waals surface area contributed by atoms with Gasteiger partial charge in [-0.2, -0.15) is 0 Å². The number of benzene rings is 2. The molecule has 0 aromatic heterocycles. The minimum Gasteiger partial charge on any atom is -1.00 e. The molecule has 5 heteroatoms. The summed E-state index contributed by atoms with van der Waals surface area (Å²) in [6.45, 7) is 12.2. The number of allylic oxidation sites excluding steroid dienone is 4. The van der Waals surface area contributed by atoms with Crippen LogP contribution in [-0.2, 0) is 29.1 Å². The molecule has 0 radical (unpaired) electrons. The summed E-state index contributed by atoms with van der Waals surface area (Å²) < 4.78 is 7.62. The van der Waals surface area contributed by atoms with E-state index in [0.29, 0.717) is 0 Å². The summed E-state index contributed by atoms with van der Waals surface area (Å²) in [5.74, 6) is 0. The molecule has 2 aliphatic rings. The molecule has 0 heterocycles. The smallest absolute Gasteiger partial charge is 1.00 e. The van der Waals surface area contributed by atoms with Crippen LogP contribution in [0.5, 0.6) is 0 Å². The first-order chi connectivity index (χ1) is 14.3. The van der Waals surface area contributed by atoms with Crippen LogP contribution in [0.15, 0.2) is 54.1 Å². The van der Waals surface area contributed by atoms with Gasteiger partial charge in [-0.05, 0) is 0 Å². The Balaban J connectivity index is 0.00000181. The molecule has 0 saturated carbocycles. The van der Waals surface area contributed by atoms with Gasteiger partial charge in [0.05, 0.1) is 0 Å². The molecule has 2 aliphatic carbocycles. The van der Waals surface area contributed by atoms with Gasteiger partial charge >= 0.3 is 197 Å². The molecule has 0 atom stereocenters. The summed E-state index contributed by atoms with van der Waals surface area (Å²) in [6.07, 6.45) is 7.95. The van der Waals surface area contributed by atoms with Gasteiger partial charge in [0.1, 0.15) is 0 Å². The van der Waals surface area contributed by atoms with Crippen molar-refractivity contribution in [1.29, 1.82) is 0 Å². The molecule has 0 spiro atoms. The first kappa shape index (κ1) is 27.5. The second kappa shape index (κ2) is 11.2. The third-order valence-corrected chi connectivity index (χ3v) is 8.28. The standard InChI is InChI=1S/C27H31OSi.2ClH.Zr/c1-19(2)22-15-16-25-23-13-7-6-10-21(23)18-26(25)27(22)24-14-8-11-20(24)12-9-17-28-29(3,4)5;;;/h6-8,10-11,13,15-16H,9,12,14,17H2,1-5H3;2*1H;/q;;;+2/p-2. The maximum Gasteiger partial charge on any atom is -1.00 e. The van der Waals surface area contributed by atoms with Gasteiger partial charge in [0.15, 0.2) is 0 Å². The van der Waals surface area contributed by atoms with Gasteiger partial charge in [-0.15, -0.1) is 0 Å². The molecule has 2 aromatic carbocycles. The molecule has 4 rings (SSSR count). The van der Waals surface area contributed by atoms with Crippen molar-refractivity contribution in [1.82, 2.24) is 0 Å². The van der Waals surface area contributed by atoms with Crippen molar-refractivity contribution >= 4 is 22.7 Å². The van der Waals surface area contributed by atoms with E-state index in [9.17, 15) is 0 Å². The van der Waals surface area contributed by atoms with Gasteiger partial charge in [0, 0.05) is 0 Å². The zero-order valence-electron chi connectivity index (χ0n) is 19.6. The summed E-state index contributed by atoms with van der Waals surface area (Å²) in [4.78, 5) is 0. The number of halogens is 2. The van der Waals surface area contributed by atoms with E-state index in [4.69, 9.17) is 4.43 Å². The van der Waals surface area contributed by atoms with Crippen molar-refractivity contribution in [2.75, 3.05) is 6.61 Å². The van der Waals surface area contributed by atoms with E-state index in [0.717, 1.165) is 25.9 Å². The monoisotopic (exact) mass is 559 g/mol. The number of hydrogen-bond acceptors (Lipinski definition) is 1. The van der Waals surface area contributed by atoms with Crippen molar-refractivity contribution in [2.24, 2.45) is 0 Å². The minimum absolute atomic E-state index is 0. The molecule has 0 aliphatic heterocycles. The van der Waals surface area contributed by atoms with E-state index in [1.165, 1.54) is 76.7 Å². The first-order valence-electron chi connectivity index (χ1n) is 11.0. The number of fused-ring (bicyclic) bond motifs is 2. The topological polar surface area (TPSA) is 9.23 Å². The number of rotatable bonds is 6. The Morgan fingerprint density at radius 2 is 1.62 bits per heavy atom. The minimum atomic E-state index is -1.44. The summed E-state index contributed by atoms with van der Waals surface area (Å²) in [5, 5.41) is 5.65. The van der Waals surface area contributed by atoms with Crippen LogP contribution < -0.4 is 35.3 Å². The van der Waals surface area contributed by atoms with Crippen LogP contribution in [0.2, 0.25) is 19.6 Å². The van der Waals surface area contributed by atoms with Crippen LogP contribution in [0, 0.1) is 10.4 Å².